The number of halogens is 1. The van der Waals surface area contributed by atoms with E-state index in [0.29, 0.717) is 22.8 Å². The van der Waals surface area contributed by atoms with Crippen molar-refractivity contribution in [1.82, 2.24) is 14.4 Å². The van der Waals surface area contributed by atoms with Gasteiger partial charge in [0.25, 0.3) is 0 Å². The third kappa shape index (κ3) is 2.14. The highest BCUT2D eigenvalue weighted by Gasteiger charge is 2.08. The Morgan fingerprint density at radius 1 is 1.35 bits per heavy atom. The molecule has 0 bridgehead atoms. The lowest BCUT2D eigenvalue weighted by molar-refractivity contribution is 0.619. The number of anilines is 3. The van der Waals surface area contributed by atoms with Crippen molar-refractivity contribution in [3.05, 3.63) is 48.2 Å². The molecule has 0 aliphatic carbocycles. The van der Waals surface area contributed by atoms with Crippen LogP contribution in [0, 0.1) is 12.7 Å². The van der Waals surface area contributed by atoms with Crippen molar-refractivity contribution in [3.63, 3.8) is 0 Å². The van der Waals surface area contributed by atoms with Crippen LogP contribution in [0.5, 0.6) is 0 Å². The number of fused-ring (bicyclic) bond motifs is 1. The summed E-state index contributed by atoms with van der Waals surface area (Å²) in [6.07, 6.45) is 5.18. The van der Waals surface area contributed by atoms with E-state index in [1.807, 2.05) is 0 Å². The second-order valence-corrected chi connectivity index (χ2v) is 4.37. The summed E-state index contributed by atoms with van der Waals surface area (Å²) in [6, 6.07) is 4.76. The summed E-state index contributed by atoms with van der Waals surface area (Å²) in [4.78, 5) is 8.54. The number of hydrogen-bond acceptors (Lipinski definition) is 5. The van der Waals surface area contributed by atoms with Crippen LogP contribution in [0.15, 0.2) is 36.8 Å². The zero-order valence-corrected chi connectivity index (χ0v) is 10.8. The molecule has 2 heterocycles. The maximum absolute atomic E-state index is 13.3. The molecule has 4 N–H and O–H groups in total. The monoisotopic (exact) mass is 272 g/mol. The number of nitrogens with one attached hydrogen (secondary N) is 2. The predicted octanol–water partition coefficient (Wildman–Crippen LogP) is 2.21. The maximum Gasteiger partial charge on any atom is 0.180 e. The molecule has 0 saturated heterocycles. The van der Waals surface area contributed by atoms with Gasteiger partial charge in [-0.1, -0.05) is 0 Å². The predicted molar refractivity (Wildman–Crippen MR) is 75.2 cm³/mol. The number of aromatic nitrogens is 3. The van der Waals surface area contributed by atoms with E-state index in [4.69, 9.17) is 5.84 Å². The van der Waals surface area contributed by atoms with Crippen molar-refractivity contribution in [2.24, 2.45) is 5.84 Å². The minimum Gasteiger partial charge on any atom is -0.337 e. The Labute approximate surface area is 114 Å². The normalized spacial score (nSPS) is 10.8. The van der Waals surface area contributed by atoms with Gasteiger partial charge in [0.1, 0.15) is 5.82 Å². The Bertz CT molecular complexity index is 767. The van der Waals surface area contributed by atoms with Gasteiger partial charge in [0, 0.05) is 18.1 Å². The van der Waals surface area contributed by atoms with Gasteiger partial charge >= 0.3 is 0 Å². The van der Waals surface area contributed by atoms with Crippen molar-refractivity contribution in [2.45, 2.75) is 6.92 Å². The van der Waals surface area contributed by atoms with Gasteiger partial charge in [0.2, 0.25) is 0 Å². The number of nitrogens with two attached hydrogens (primary N) is 1. The van der Waals surface area contributed by atoms with Crippen molar-refractivity contribution >= 4 is 23.0 Å². The first-order valence-electron chi connectivity index (χ1n) is 6.01. The molecule has 6 nitrogen and oxygen atoms in total. The van der Waals surface area contributed by atoms with Gasteiger partial charge in [-0.3, -0.25) is 0 Å². The zero-order valence-electron chi connectivity index (χ0n) is 10.8. The third-order valence-electron chi connectivity index (χ3n) is 2.94. The first kappa shape index (κ1) is 12.4. The molecule has 0 saturated carbocycles. The Balaban J connectivity index is 2.04. The van der Waals surface area contributed by atoms with Crippen LogP contribution in [0.2, 0.25) is 0 Å². The van der Waals surface area contributed by atoms with Crippen molar-refractivity contribution in [2.75, 3.05) is 10.7 Å². The summed E-state index contributed by atoms with van der Waals surface area (Å²) < 4.78 is 15.1. The van der Waals surface area contributed by atoms with Gasteiger partial charge in [-0.25, -0.2) is 20.2 Å². The first-order valence-corrected chi connectivity index (χ1v) is 6.01. The number of imidazole rings is 1. The molecule has 20 heavy (non-hydrogen) atoms. The SMILES string of the molecule is Cc1cc(Nc2nc(NN)cn3ccnc23)ccc1F. The van der Waals surface area contributed by atoms with Crippen LogP contribution in [0.25, 0.3) is 5.65 Å². The van der Waals surface area contributed by atoms with Gasteiger partial charge in [-0.15, -0.1) is 0 Å². The van der Waals surface area contributed by atoms with E-state index in [1.54, 1.807) is 42.0 Å². The van der Waals surface area contributed by atoms with Crippen LogP contribution in [0.4, 0.5) is 21.7 Å². The molecule has 0 aliphatic rings. The Hall–Kier alpha value is -2.67. The minimum absolute atomic E-state index is 0.244. The molecule has 0 radical (unpaired) electrons. The molecule has 2 aromatic heterocycles. The second-order valence-electron chi connectivity index (χ2n) is 4.37. The molecule has 7 heteroatoms. The van der Waals surface area contributed by atoms with Gasteiger partial charge in [0.15, 0.2) is 17.3 Å². The summed E-state index contributed by atoms with van der Waals surface area (Å²) in [7, 11) is 0. The number of nitrogens with zero attached hydrogens (tertiary/aromatic N) is 3. The van der Waals surface area contributed by atoms with E-state index in [-0.39, 0.29) is 5.82 Å². The number of rotatable bonds is 3. The molecule has 1 aromatic carbocycles. The van der Waals surface area contributed by atoms with Gasteiger partial charge in [0.05, 0.1) is 6.20 Å². The molecule has 0 amide bonds. The van der Waals surface area contributed by atoms with Gasteiger partial charge < -0.3 is 15.1 Å². The summed E-state index contributed by atoms with van der Waals surface area (Å²) in [5, 5.41) is 3.12. The topological polar surface area (TPSA) is 80.3 Å². The average molecular weight is 272 g/mol. The molecule has 0 fully saturated rings. The van der Waals surface area contributed by atoms with E-state index in [1.165, 1.54) is 6.07 Å². The highest BCUT2D eigenvalue weighted by Crippen LogP contribution is 2.22. The molecule has 0 atom stereocenters. The van der Waals surface area contributed by atoms with Crippen LogP contribution >= 0.6 is 0 Å². The molecule has 3 rings (SSSR count). The Morgan fingerprint density at radius 3 is 2.95 bits per heavy atom. The molecule has 0 unspecified atom stereocenters. The largest absolute Gasteiger partial charge is 0.337 e. The van der Waals surface area contributed by atoms with E-state index in [0.717, 1.165) is 5.69 Å². The standard InChI is InChI=1S/C13H13FN6/c1-8-6-9(2-3-10(8)14)17-12-13-16-4-5-20(13)7-11(18-12)19-15/h2-7,19H,15H2,1H3,(H,17,18). The molecular weight excluding hydrogens is 259 g/mol. The number of benzene rings is 1. The van der Waals surface area contributed by atoms with Crippen molar-refractivity contribution in [1.29, 1.82) is 0 Å². The van der Waals surface area contributed by atoms with Crippen LogP contribution in [-0.2, 0) is 0 Å². The lowest BCUT2D eigenvalue weighted by atomic mass is 10.2. The average Bonchev–Trinajstić information content (AvgIpc) is 2.91. The van der Waals surface area contributed by atoms with Crippen LogP contribution in [-0.4, -0.2) is 14.4 Å². The molecule has 3 aromatic rings. The number of aryl methyl sites for hydroxylation is 1. The first-order chi connectivity index (χ1) is 9.67. The van der Waals surface area contributed by atoms with E-state index in [9.17, 15) is 4.39 Å². The fourth-order valence-electron chi connectivity index (χ4n) is 1.94. The fraction of sp³-hybridized carbons (Fsp3) is 0.0769. The number of hydrazine groups is 1. The lowest BCUT2D eigenvalue weighted by Crippen LogP contribution is -2.11. The highest BCUT2D eigenvalue weighted by atomic mass is 19.1. The highest BCUT2D eigenvalue weighted by molar-refractivity contribution is 5.71. The summed E-state index contributed by atoms with van der Waals surface area (Å²) in [6.45, 7) is 1.71. The Kier molecular flexibility index (Phi) is 2.96. The maximum atomic E-state index is 13.3. The second kappa shape index (κ2) is 4.78. The number of hydrogen-bond donors (Lipinski definition) is 3. The third-order valence-corrected chi connectivity index (χ3v) is 2.94. The molecule has 102 valence electrons. The van der Waals surface area contributed by atoms with E-state index in [2.05, 4.69) is 20.7 Å². The Morgan fingerprint density at radius 2 is 2.20 bits per heavy atom. The fourth-order valence-corrected chi connectivity index (χ4v) is 1.94. The molecular formula is C13H13FN6. The van der Waals surface area contributed by atoms with Crippen LogP contribution in [0.1, 0.15) is 5.56 Å². The van der Waals surface area contributed by atoms with Gasteiger partial charge in [-0.05, 0) is 30.7 Å². The van der Waals surface area contributed by atoms with Gasteiger partial charge in [-0.2, -0.15) is 0 Å². The quantitative estimate of drug-likeness (QED) is 0.503. The van der Waals surface area contributed by atoms with Crippen molar-refractivity contribution < 1.29 is 4.39 Å². The zero-order chi connectivity index (χ0) is 14.1. The van der Waals surface area contributed by atoms with Crippen LogP contribution in [0.3, 0.4) is 0 Å². The van der Waals surface area contributed by atoms with Crippen LogP contribution < -0.4 is 16.6 Å². The van der Waals surface area contributed by atoms with Crippen molar-refractivity contribution in [3.8, 4) is 0 Å². The lowest BCUT2D eigenvalue weighted by Gasteiger charge is -2.10. The summed E-state index contributed by atoms with van der Waals surface area (Å²) >= 11 is 0. The van der Waals surface area contributed by atoms with E-state index >= 15 is 0 Å². The summed E-state index contributed by atoms with van der Waals surface area (Å²) in [5.74, 6) is 6.18. The molecule has 0 spiro atoms. The summed E-state index contributed by atoms with van der Waals surface area (Å²) in [5.41, 5.74) is 4.44. The smallest absolute Gasteiger partial charge is 0.180 e. The number of nitrogen functional groups attached to an aromatic ring is 1. The molecule has 0 aliphatic heterocycles. The van der Waals surface area contributed by atoms with E-state index < -0.39 is 0 Å². The minimum atomic E-state index is -0.244.